The molecule has 1 heterocycles. The van der Waals surface area contributed by atoms with Gasteiger partial charge in [-0.25, -0.2) is 4.98 Å². The molecule has 1 aromatic rings. The predicted octanol–water partition coefficient (Wildman–Crippen LogP) is 1.71. The maximum Gasteiger partial charge on any atom is 0.306 e. The smallest absolute Gasteiger partial charge is 0.306 e. The fourth-order valence-electron chi connectivity index (χ4n) is 1.50. The SMILES string of the molecule is CC(NC(=O)CCC(=O)OC(C)(C)C)c1ncc[nH]1. The minimum absolute atomic E-state index is 0.0774. The summed E-state index contributed by atoms with van der Waals surface area (Å²) in [5.74, 6) is 0.119. The number of rotatable bonds is 5. The van der Waals surface area contributed by atoms with Gasteiger partial charge in [0.25, 0.3) is 0 Å². The summed E-state index contributed by atoms with van der Waals surface area (Å²) in [6, 6.07) is -0.207. The molecule has 6 nitrogen and oxygen atoms in total. The zero-order valence-electron chi connectivity index (χ0n) is 11.8. The van der Waals surface area contributed by atoms with Crippen LogP contribution >= 0.6 is 0 Å². The molecule has 2 N–H and O–H groups in total. The summed E-state index contributed by atoms with van der Waals surface area (Å²) in [5, 5.41) is 2.76. The standard InChI is InChI=1S/C13H21N3O3/c1-9(12-14-7-8-15-12)16-10(17)5-6-11(18)19-13(2,3)4/h7-9H,5-6H2,1-4H3,(H,14,15)(H,16,17). The number of imidazole rings is 1. The summed E-state index contributed by atoms with van der Waals surface area (Å²) in [6.07, 6.45) is 3.51. The number of aromatic amines is 1. The van der Waals surface area contributed by atoms with Crippen molar-refractivity contribution < 1.29 is 14.3 Å². The number of aromatic nitrogens is 2. The summed E-state index contributed by atoms with van der Waals surface area (Å²) in [6.45, 7) is 7.21. The van der Waals surface area contributed by atoms with Crippen LogP contribution in [0.3, 0.4) is 0 Å². The van der Waals surface area contributed by atoms with Crippen LogP contribution in [-0.2, 0) is 14.3 Å². The first-order valence-electron chi connectivity index (χ1n) is 6.28. The topological polar surface area (TPSA) is 84.1 Å². The van der Waals surface area contributed by atoms with Crippen molar-refractivity contribution in [2.24, 2.45) is 0 Å². The Labute approximate surface area is 112 Å². The van der Waals surface area contributed by atoms with E-state index in [1.165, 1.54) is 0 Å². The van der Waals surface area contributed by atoms with Crippen LogP contribution in [0.15, 0.2) is 12.4 Å². The Kier molecular flexibility index (Phi) is 5.09. The lowest BCUT2D eigenvalue weighted by Gasteiger charge is -2.19. The van der Waals surface area contributed by atoms with Crippen LogP contribution in [0, 0.1) is 0 Å². The van der Waals surface area contributed by atoms with Crippen LogP contribution in [0.4, 0.5) is 0 Å². The second-order valence-corrected chi connectivity index (χ2v) is 5.35. The number of carbonyl (C=O) groups excluding carboxylic acids is 2. The summed E-state index contributed by atoms with van der Waals surface area (Å²) in [4.78, 5) is 30.1. The summed E-state index contributed by atoms with van der Waals surface area (Å²) in [7, 11) is 0. The minimum atomic E-state index is -0.519. The Morgan fingerprint density at radius 3 is 2.63 bits per heavy atom. The summed E-state index contributed by atoms with van der Waals surface area (Å²) < 4.78 is 5.13. The summed E-state index contributed by atoms with van der Waals surface area (Å²) >= 11 is 0. The van der Waals surface area contributed by atoms with E-state index < -0.39 is 5.60 Å². The molecular weight excluding hydrogens is 246 g/mol. The van der Waals surface area contributed by atoms with Crippen molar-refractivity contribution in [3.63, 3.8) is 0 Å². The largest absolute Gasteiger partial charge is 0.460 e. The Morgan fingerprint density at radius 1 is 1.42 bits per heavy atom. The van der Waals surface area contributed by atoms with E-state index in [0.717, 1.165) is 0 Å². The molecule has 0 aliphatic heterocycles. The molecule has 1 amide bonds. The van der Waals surface area contributed by atoms with Gasteiger partial charge in [0.05, 0.1) is 12.5 Å². The van der Waals surface area contributed by atoms with E-state index in [1.54, 1.807) is 33.2 Å². The lowest BCUT2D eigenvalue weighted by molar-refractivity contribution is -0.155. The molecule has 19 heavy (non-hydrogen) atoms. The van der Waals surface area contributed by atoms with Gasteiger partial charge in [-0.3, -0.25) is 9.59 Å². The molecule has 106 valence electrons. The fourth-order valence-corrected chi connectivity index (χ4v) is 1.50. The lowest BCUT2D eigenvalue weighted by Crippen LogP contribution is -2.29. The second-order valence-electron chi connectivity index (χ2n) is 5.35. The van der Waals surface area contributed by atoms with Crippen LogP contribution in [0.1, 0.15) is 52.4 Å². The van der Waals surface area contributed by atoms with Crippen LogP contribution < -0.4 is 5.32 Å². The Morgan fingerprint density at radius 2 is 2.11 bits per heavy atom. The Bertz CT molecular complexity index is 421. The van der Waals surface area contributed by atoms with Gasteiger partial charge in [-0.05, 0) is 27.7 Å². The van der Waals surface area contributed by atoms with E-state index in [-0.39, 0.29) is 30.8 Å². The highest BCUT2D eigenvalue weighted by atomic mass is 16.6. The van der Waals surface area contributed by atoms with E-state index >= 15 is 0 Å². The molecule has 0 spiro atoms. The second kappa shape index (κ2) is 6.36. The summed E-state index contributed by atoms with van der Waals surface area (Å²) in [5.41, 5.74) is -0.519. The quantitative estimate of drug-likeness (QED) is 0.795. The lowest BCUT2D eigenvalue weighted by atomic mass is 10.2. The van der Waals surface area contributed by atoms with Crippen molar-refractivity contribution in [3.05, 3.63) is 18.2 Å². The first-order valence-corrected chi connectivity index (χ1v) is 6.28. The zero-order valence-corrected chi connectivity index (χ0v) is 11.8. The number of carbonyl (C=O) groups is 2. The van der Waals surface area contributed by atoms with Gasteiger partial charge in [0.15, 0.2) is 0 Å². The third kappa shape index (κ3) is 6.03. The first-order chi connectivity index (χ1) is 8.78. The average Bonchev–Trinajstić information content (AvgIpc) is 2.77. The molecule has 0 radical (unpaired) electrons. The molecule has 0 bridgehead atoms. The number of hydrogen-bond donors (Lipinski definition) is 2. The molecule has 1 aromatic heterocycles. The zero-order chi connectivity index (χ0) is 14.5. The van der Waals surface area contributed by atoms with Gasteiger partial charge in [0, 0.05) is 18.8 Å². The highest BCUT2D eigenvalue weighted by Crippen LogP contribution is 2.10. The van der Waals surface area contributed by atoms with Crippen molar-refractivity contribution in [2.45, 2.75) is 52.2 Å². The van der Waals surface area contributed by atoms with Crippen LogP contribution in [-0.4, -0.2) is 27.4 Å². The molecule has 0 fully saturated rings. The van der Waals surface area contributed by atoms with Crippen LogP contribution in [0.2, 0.25) is 0 Å². The molecule has 0 aliphatic rings. The molecule has 1 unspecified atom stereocenters. The van der Waals surface area contributed by atoms with Crippen molar-refractivity contribution in [2.75, 3.05) is 0 Å². The third-order valence-corrected chi connectivity index (χ3v) is 2.28. The fraction of sp³-hybridized carbons (Fsp3) is 0.615. The monoisotopic (exact) mass is 267 g/mol. The van der Waals surface area contributed by atoms with E-state index in [1.807, 2.05) is 6.92 Å². The van der Waals surface area contributed by atoms with E-state index in [0.29, 0.717) is 5.82 Å². The molecular formula is C13H21N3O3. The molecule has 6 heteroatoms. The molecule has 0 saturated carbocycles. The van der Waals surface area contributed by atoms with Gasteiger partial charge >= 0.3 is 5.97 Å². The van der Waals surface area contributed by atoms with Gasteiger partial charge in [0.2, 0.25) is 5.91 Å². The maximum absolute atomic E-state index is 11.7. The van der Waals surface area contributed by atoms with Gasteiger partial charge in [-0.15, -0.1) is 0 Å². The van der Waals surface area contributed by atoms with Gasteiger partial charge in [-0.1, -0.05) is 0 Å². The normalized spacial score (nSPS) is 12.8. The van der Waals surface area contributed by atoms with Gasteiger partial charge in [0.1, 0.15) is 11.4 Å². The van der Waals surface area contributed by atoms with Crippen molar-refractivity contribution >= 4 is 11.9 Å². The number of H-pyrrole nitrogens is 1. The average molecular weight is 267 g/mol. The van der Waals surface area contributed by atoms with Crippen molar-refractivity contribution in [1.29, 1.82) is 0 Å². The van der Waals surface area contributed by atoms with E-state index in [9.17, 15) is 9.59 Å². The van der Waals surface area contributed by atoms with Crippen molar-refractivity contribution in [3.8, 4) is 0 Å². The number of esters is 1. The number of hydrogen-bond acceptors (Lipinski definition) is 4. The Hall–Kier alpha value is -1.85. The first kappa shape index (κ1) is 15.2. The minimum Gasteiger partial charge on any atom is -0.460 e. The number of ether oxygens (including phenoxy) is 1. The van der Waals surface area contributed by atoms with E-state index in [4.69, 9.17) is 4.74 Å². The number of amides is 1. The van der Waals surface area contributed by atoms with Gasteiger partial charge in [-0.2, -0.15) is 0 Å². The molecule has 0 aliphatic carbocycles. The number of nitrogens with zero attached hydrogens (tertiary/aromatic N) is 1. The maximum atomic E-state index is 11.7. The van der Waals surface area contributed by atoms with Crippen molar-refractivity contribution in [1.82, 2.24) is 15.3 Å². The highest BCUT2D eigenvalue weighted by Gasteiger charge is 2.18. The molecule has 1 rings (SSSR count). The molecule has 0 aromatic carbocycles. The van der Waals surface area contributed by atoms with Gasteiger partial charge < -0.3 is 15.0 Å². The molecule has 1 atom stereocenters. The van der Waals surface area contributed by atoms with Crippen LogP contribution in [0.5, 0.6) is 0 Å². The van der Waals surface area contributed by atoms with Crippen LogP contribution in [0.25, 0.3) is 0 Å². The predicted molar refractivity (Wildman–Crippen MR) is 70.2 cm³/mol. The number of nitrogens with one attached hydrogen (secondary N) is 2. The third-order valence-electron chi connectivity index (χ3n) is 2.28. The Balaban J connectivity index is 2.30. The highest BCUT2D eigenvalue weighted by molar-refractivity contribution is 5.81. The molecule has 0 saturated heterocycles. The van der Waals surface area contributed by atoms with E-state index in [2.05, 4.69) is 15.3 Å².